The van der Waals surface area contributed by atoms with Crippen LogP contribution in [0.1, 0.15) is 40.8 Å². The van der Waals surface area contributed by atoms with Crippen molar-refractivity contribution in [2.24, 2.45) is 0 Å². The first-order valence-electron chi connectivity index (χ1n) is 8.51. The molecular formula is C17H20Cl2FN5O. The number of hydrogen-bond donors (Lipinski definition) is 1. The number of nitrogens with zero attached hydrogens (tertiary/aromatic N) is 4. The molecule has 0 unspecified atom stereocenters. The van der Waals surface area contributed by atoms with E-state index in [4.69, 9.17) is 11.6 Å². The summed E-state index contributed by atoms with van der Waals surface area (Å²) < 4.78 is 16.2. The molecule has 2 aromatic rings. The smallest absolute Gasteiger partial charge is 0.258 e. The summed E-state index contributed by atoms with van der Waals surface area (Å²) in [5.74, 6) is 1.34. The number of hydrogen-bond acceptors (Lipinski definition) is 4. The molecule has 1 amide bonds. The maximum atomic E-state index is 14.0. The van der Waals surface area contributed by atoms with Gasteiger partial charge in [0.1, 0.15) is 17.5 Å². The monoisotopic (exact) mass is 399 g/mol. The fourth-order valence-corrected chi connectivity index (χ4v) is 3.86. The Balaban J connectivity index is 0.00000196. The Kier molecular flexibility index (Phi) is 5.79. The van der Waals surface area contributed by atoms with Crippen LogP contribution in [-0.2, 0) is 13.1 Å². The standard InChI is InChI=1S/C17H19ClFN5O.ClH/c18-12-2-1-3-13(19)15(12)17(25)23-7-4-11(5-8-23)16-22-21-14-10-20-6-9-24(14)16;/h1-3,11,20H,4-10H2;1H. The van der Waals surface area contributed by atoms with Crippen molar-refractivity contribution < 1.29 is 9.18 Å². The average molecular weight is 400 g/mol. The summed E-state index contributed by atoms with van der Waals surface area (Å²) in [7, 11) is 0. The molecule has 1 N–H and O–H groups in total. The van der Waals surface area contributed by atoms with Crippen LogP contribution in [0.4, 0.5) is 4.39 Å². The number of benzene rings is 1. The van der Waals surface area contributed by atoms with Gasteiger partial charge in [0.2, 0.25) is 0 Å². The molecule has 0 spiro atoms. The summed E-state index contributed by atoms with van der Waals surface area (Å²) in [6.07, 6.45) is 1.59. The van der Waals surface area contributed by atoms with E-state index in [1.807, 2.05) is 0 Å². The Hall–Kier alpha value is -1.70. The topological polar surface area (TPSA) is 63.1 Å². The third-order valence-corrected chi connectivity index (χ3v) is 5.29. The van der Waals surface area contributed by atoms with Gasteiger partial charge in [0.25, 0.3) is 5.91 Å². The van der Waals surface area contributed by atoms with Crippen LogP contribution in [-0.4, -0.2) is 45.2 Å². The van der Waals surface area contributed by atoms with Crippen LogP contribution in [0.25, 0.3) is 0 Å². The average Bonchev–Trinajstić information content (AvgIpc) is 3.06. The number of carbonyl (C=O) groups is 1. The van der Waals surface area contributed by atoms with Crippen molar-refractivity contribution in [1.29, 1.82) is 0 Å². The van der Waals surface area contributed by atoms with Crippen LogP contribution in [0.2, 0.25) is 5.02 Å². The Labute approximate surface area is 162 Å². The SMILES string of the molecule is Cl.O=C(c1c(F)cccc1Cl)N1CCC(c2nnc3n2CCNC3)CC1. The van der Waals surface area contributed by atoms with Crippen molar-refractivity contribution >= 4 is 29.9 Å². The molecule has 1 aromatic heterocycles. The number of halogens is 3. The van der Waals surface area contributed by atoms with E-state index in [0.717, 1.165) is 44.1 Å². The van der Waals surface area contributed by atoms with Gasteiger partial charge in [0.05, 0.1) is 17.1 Å². The summed E-state index contributed by atoms with van der Waals surface area (Å²) in [5, 5.41) is 12.1. The van der Waals surface area contributed by atoms with Crippen LogP contribution in [0.5, 0.6) is 0 Å². The molecule has 1 fully saturated rings. The lowest BCUT2D eigenvalue weighted by molar-refractivity contribution is 0.0705. The number of likely N-dealkylation sites (tertiary alicyclic amines) is 1. The molecule has 6 nitrogen and oxygen atoms in total. The summed E-state index contributed by atoms with van der Waals surface area (Å²) >= 11 is 6.02. The minimum atomic E-state index is -0.571. The molecule has 1 saturated heterocycles. The fourth-order valence-electron chi connectivity index (χ4n) is 3.62. The lowest BCUT2D eigenvalue weighted by Crippen LogP contribution is -2.39. The van der Waals surface area contributed by atoms with Crippen LogP contribution < -0.4 is 5.32 Å². The summed E-state index contributed by atoms with van der Waals surface area (Å²) in [5.41, 5.74) is -0.0338. The maximum Gasteiger partial charge on any atom is 0.258 e. The number of fused-ring (bicyclic) bond motifs is 1. The lowest BCUT2D eigenvalue weighted by atomic mass is 9.95. The summed E-state index contributed by atoms with van der Waals surface area (Å²) in [6, 6.07) is 4.31. The Bertz CT molecular complexity index is 784. The minimum Gasteiger partial charge on any atom is -0.338 e. The first-order valence-corrected chi connectivity index (χ1v) is 8.89. The molecule has 0 radical (unpaired) electrons. The van der Waals surface area contributed by atoms with Crippen LogP contribution >= 0.6 is 24.0 Å². The van der Waals surface area contributed by atoms with Crippen LogP contribution in [0, 0.1) is 5.82 Å². The number of piperidine rings is 1. The maximum absolute atomic E-state index is 14.0. The first-order chi connectivity index (χ1) is 12.1. The van der Waals surface area contributed by atoms with Crippen molar-refractivity contribution in [1.82, 2.24) is 25.0 Å². The zero-order valence-corrected chi connectivity index (χ0v) is 15.7. The predicted molar refractivity (Wildman–Crippen MR) is 98.3 cm³/mol. The molecule has 9 heteroatoms. The minimum absolute atomic E-state index is 0. The summed E-state index contributed by atoms with van der Waals surface area (Å²) in [4.78, 5) is 14.3. The van der Waals surface area contributed by atoms with Crippen molar-refractivity contribution in [2.45, 2.75) is 31.8 Å². The number of aromatic nitrogens is 3. The van der Waals surface area contributed by atoms with Gasteiger partial charge in [0, 0.05) is 32.1 Å². The zero-order chi connectivity index (χ0) is 17.4. The second-order valence-corrected chi connectivity index (χ2v) is 6.87. The third kappa shape index (κ3) is 3.43. The molecule has 26 heavy (non-hydrogen) atoms. The van der Waals surface area contributed by atoms with Gasteiger partial charge >= 0.3 is 0 Å². The number of amides is 1. The van der Waals surface area contributed by atoms with E-state index in [2.05, 4.69) is 20.1 Å². The summed E-state index contributed by atoms with van der Waals surface area (Å²) in [6.45, 7) is 3.67. The Morgan fingerprint density at radius 2 is 2.00 bits per heavy atom. The van der Waals surface area contributed by atoms with E-state index >= 15 is 0 Å². The largest absolute Gasteiger partial charge is 0.338 e. The molecular weight excluding hydrogens is 380 g/mol. The van der Waals surface area contributed by atoms with Gasteiger partial charge in [0.15, 0.2) is 0 Å². The highest BCUT2D eigenvalue weighted by Crippen LogP contribution is 2.30. The normalized spacial score (nSPS) is 17.5. The van der Waals surface area contributed by atoms with E-state index in [9.17, 15) is 9.18 Å². The van der Waals surface area contributed by atoms with Gasteiger partial charge in [-0.1, -0.05) is 17.7 Å². The van der Waals surface area contributed by atoms with Crippen molar-refractivity contribution in [3.05, 3.63) is 46.3 Å². The van der Waals surface area contributed by atoms with Gasteiger partial charge in [-0.15, -0.1) is 22.6 Å². The quantitative estimate of drug-likeness (QED) is 0.842. The highest BCUT2D eigenvalue weighted by molar-refractivity contribution is 6.33. The second-order valence-electron chi connectivity index (χ2n) is 6.47. The number of rotatable bonds is 2. The Morgan fingerprint density at radius 3 is 2.73 bits per heavy atom. The number of nitrogens with one attached hydrogen (secondary N) is 1. The van der Waals surface area contributed by atoms with E-state index in [0.29, 0.717) is 13.1 Å². The van der Waals surface area contributed by atoms with Gasteiger partial charge in [-0.2, -0.15) is 0 Å². The molecule has 2 aliphatic heterocycles. The molecule has 2 aliphatic rings. The molecule has 0 aliphatic carbocycles. The molecule has 140 valence electrons. The predicted octanol–water partition coefficient (Wildman–Crippen LogP) is 2.62. The molecule has 1 aromatic carbocycles. The van der Waals surface area contributed by atoms with Gasteiger partial charge in [-0.05, 0) is 25.0 Å². The van der Waals surface area contributed by atoms with Crippen LogP contribution in [0.15, 0.2) is 18.2 Å². The van der Waals surface area contributed by atoms with Gasteiger partial charge in [-0.3, -0.25) is 4.79 Å². The molecule has 3 heterocycles. The van der Waals surface area contributed by atoms with E-state index in [1.54, 1.807) is 11.0 Å². The lowest BCUT2D eigenvalue weighted by Gasteiger charge is -2.32. The van der Waals surface area contributed by atoms with Crippen LogP contribution in [0.3, 0.4) is 0 Å². The molecule has 0 bridgehead atoms. The fraction of sp³-hybridized carbons (Fsp3) is 0.471. The van der Waals surface area contributed by atoms with E-state index < -0.39 is 5.82 Å². The van der Waals surface area contributed by atoms with Crippen molar-refractivity contribution in [3.8, 4) is 0 Å². The molecule has 4 rings (SSSR count). The van der Waals surface area contributed by atoms with Crippen molar-refractivity contribution in [3.63, 3.8) is 0 Å². The Morgan fingerprint density at radius 1 is 1.23 bits per heavy atom. The third-order valence-electron chi connectivity index (χ3n) is 4.98. The molecule has 0 atom stereocenters. The second kappa shape index (κ2) is 7.90. The van der Waals surface area contributed by atoms with E-state index in [1.165, 1.54) is 12.1 Å². The van der Waals surface area contributed by atoms with Gasteiger partial charge in [-0.25, -0.2) is 4.39 Å². The van der Waals surface area contributed by atoms with Gasteiger partial charge < -0.3 is 14.8 Å². The number of carbonyl (C=O) groups excluding carboxylic acids is 1. The first kappa shape index (κ1) is 19.1. The zero-order valence-electron chi connectivity index (χ0n) is 14.1. The highest BCUT2D eigenvalue weighted by atomic mass is 35.5. The van der Waals surface area contributed by atoms with E-state index in [-0.39, 0.29) is 34.8 Å². The van der Waals surface area contributed by atoms with Crippen molar-refractivity contribution in [2.75, 3.05) is 19.6 Å². The molecule has 0 saturated carbocycles. The highest BCUT2D eigenvalue weighted by Gasteiger charge is 2.30.